The largest absolute Gasteiger partial charge is 0.574 e. The van der Waals surface area contributed by atoms with Gasteiger partial charge in [0.25, 0.3) is 6.43 Å². The highest BCUT2D eigenvalue weighted by atomic mass is 19.4. The molecule has 0 saturated heterocycles. The first kappa shape index (κ1) is 14.0. The fraction of sp³-hybridized carbons (Fsp3) is 0.286. The van der Waals surface area contributed by atoms with Crippen LogP contribution in [0.5, 0.6) is 5.88 Å². The van der Waals surface area contributed by atoms with Crippen molar-refractivity contribution in [3.63, 3.8) is 0 Å². The van der Waals surface area contributed by atoms with E-state index in [-0.39, 0.29) is 6.07 Å². The fourth-order valence-corrected chi connectivity index (χ4v) is 0.960. The molecule has 0 amide bonds. The van der Waals surface area contributed by atoms with Crippen LogP contribution < -0.4 is 4.74 Å². The first-order valence-corrected chi connectivity index (χ1v) is 4.00. The second-order valence-electron chi connectivity index (χ2n) is 2.78. The minimum Gasteiger partial charge on any atom is -0.388 e. The number of rotatable bonds is 3. The molecular weight excluding hydrogens is 274 g/mol. The van der Waals surface area contributed by atoms with Gasteiger partial charge in [0.05, 0.1) is 11.0 Å². The van der Waals surface area contributed by atoms with Gasteiger partial charge in [-0.1, -0.05) is 0 Å². The van der Waals surface area contributed by atoms with Crippen molar-refractivity contribution in [2.45, 2.75) is 12.8 Å². The van der Waals surface area contributed by atoms with Gasteiger partial charge in [0.1, 0.15) is 0 Å². The third kappa shape index (κ3) is 3.21. The summed E-state index contributed by atoms with van der Waals surface area (Å²) in [6.45, 7) is 0. The summed E-state index contributed by atoms with van der Waals surface area (Å²) < 4.78 is 76.0. The molecule has 0 spiro atoms. The normalized spacial score (nSPS) is 11.7. The molecule has 1 rings (SSSR count). The highest BCUT2D eigenvalue weighted by molar-refractivity contribution is 5.38. The van der Waals surface area contributed by atoms with Crippen molar-refractivity contribution < 1.29 is 36.0 Å². The Morgan fingerprint density at radius 1 is 1.39 bits per heavy atom. The van der Waals surface area contributed by atoms with Crippen LogP contribution in [0.25, 0.3) is 0 Å². The third-order valence-corrected chi connectivity index (χ3v) is 1.56. The maximum atomic E-state index is 13.1. The third-order valence-electron chi connectivity index (χ3n) is 1.56. The molecule has 0 unspecified atom stereocenters. The van der Waals surface area contributed by atoms with Crippen molar-refractivity contribution in [3.05, 3.63) is 27.7 Å². The van der Waals surface area contributed by atoms with Gasteiger partial charge in [-0.3, -0.25) is 10.1 Å². The Morgan fingerprint density at radius 3 is 2.33 bits per heavy atom. The molecule has 0 aliphatic carbocycles. The lowest BCUT2D eigenvalue weighted by molar-refractivity contribution is -0.388. The molecule has 11 heteroatoms. The topological polar surface area (TPSA) is 65.3 Å². The number of ether oxygens (including phenoxy) is 1. The Labute approximate surface area is 94.1 Å². The Hall–Kier alpha value is -2.07. The molecule has 0 radical (unpaired) electrons. The van der Waals surface area contributed by atoms with Crippen LogP contribution in [0.4, 0.5) is 32.0 Å². The highest BCUT2D eigenvalue weighted by Crippen LogP contribution is 2.32. The molecule has 1 aromatic heterocycles. The summed E-state index contributed by atoms with van der Waals surface area (Å²) in [4.78, 5) is 11.3. The van der Waals surface area contributed by atoms with Gasteiger partial charge in [-0.05, 0) is 0 Å². The molecule has 0 fully saturated rings. The van der Waals surface area contributed by atoms with Crippen LogP contribution in [0.1, 0.15) is 12.1 Å². The zero-order chi connectivity index (χ0) is 14.1. The number of alkyl halides is 5. The number of hydrogen-bond acceptors (Lipinski definition) is 4. The quantitative estimate of drug-likeness (QED) is 0.483. The zero-order valence-corrected chi connectivity index (χ0v) is 8.04. The summed E-state index contributed by atoms with van der Waals surface area (Å²) in [5.74, 6) is -3.55. The maximum Gasteiger partial charge on any atom is 0.574 e. The van der Waals surface area contributed by atoms with E-state index in [1.54, 1.807) is 0 Å². The molecule has 0 aromatic carbocycles. The first-order valence-electron chi connectivity index (χ1n) is 4.00. The lowest BCUT2D eigenvalue weighted by Crippen LogP contribution is -2.19. The SMILES string of the molecule is O=[N+]([O-])c1cc(OC(F)(F)F)nc(C(F)F)c1F. The van der Waals surface area contributed by atoms with E-state index in [0.29, 0.717) is 0 Å². The van der Waals surface area contributed by atoms with Crippen LogP contribution in [-0.2, 0) is 0 Å². The molecule has 0 bridgehead atoms. The molecule has 0 N–H and O–H groups in total. The Kier molecular flexibility index (Phi) is 3.62. The molecule has 1 heterocycles. The van der Waals surface area contributed by atoms with Crippen LogP contribution in [0.2, 0.25) is 0 Å². The molecule has 0 saturated carbocycles. The van der Waals surface area contributed by atoms with Gasteiger partial charge in [0, 0.05) is 0 Å². The van der Waals surface area contributed by atoms with E-state index in [1.165, 1.54) is 0 Å². The summed E-state index contributed by atoms with van der Waals surface area (Å²) in [5.41, 5.74) is -3.37. The predicted octanol–water partition coefficient (Wildman–Crippen LogP) is 2.97. The Morgan fingerprint density at radius 2 is 1.94 bits per heavy atom. The molecule has 1 aromatic rings. The molecule has 5 nitrogen and oxygen atoms in total. The Bertz CT molecular complexity index is 475. The number of nitro groups is 1. The maximum absolute atomic E-state index is 13.1. The number of hydrogen-bond donors (Lipinski definition) is 0. The van der Waals surface area contributed by atoms with E-state index in [0.717, 1.165) is 0 Å². The van der Waals surface area contributed by atoms with Crippen molar-refractivity contribution in [2.24, 2.45) is 0 Å². The van der Waals surface area contributed by atoms with Gasteiger partial charge in [0.2, 0.25) is 11.7 Å². The van der Waals surface area contributed by atoms with E-state index in [1.807, 2.05) is 0 Å². The summed E-state index contributed by atoms with van der Waals surface area (Å²) >= 11 is 0. The van der Waals surface area contributed by atoms with Gasteiger partial charge < -0.3 is 4.74 Å². The average molecular weight is 276 g/mol. The number of nitrogens with zero attached hydrogens (tertiary/aromatic N) is 2. The predicted molar refractivity (Wildman–Crippen MR) is 42.5 cm³/mol. The number of pyridine rings is 1. The van der Waals surface area contributed by atoms with Gasteiger partial charge in [-0.2, -0.15) is 4.39 Å². The van der Waals surface area contributed by atoms with Crippen molar-refractivity contribution >= 4 is 5.69 Å². The van der Waals surface area contributed by atoms with Gasteiger partial charge in [-0.15, -0.1) is 13.2 Å². The summed E-state index contributed by atoms with van der Waals surface area (Å²) in [6.07, 6.45) is -8.92. The van der Waals surface area contributed by atoms with E-state index in [2.05, 4.69) is 9.72 Å². The van der Waals surface area contributed by atoms with Crippen molar-refractivity contribution in [3.8, 4) is 5.88 Å². The van der Waals surface area contributed by atoms with Crippen molar-refractivity contribution in [1.29, 1.82) is 0 Å². The number of halogens is 6. The monoisotopic (exact) mass is 276 g/mol. The van der Waals surface area contributed by atoms with E-state index >= 15 is 0 Å². The van der Waals surface area contributed by atoms with Crippen LogP contribution in [0.3, 0.4) is 0 Å². The van der Waals surface area contributed by atoms with Crippen LogP contribution in [-0.4, -0.2) is 16.3 Å². The molecule has 100 valence electrons. The van der Waals surface area contributed by atoms with Crippen LogP contribution >= 0.6 is 0 Å². The minimum absolute atomic E-state index is 0.0330. The minimum atomic E-state index is -5.29. The van der Waals surface area contributed by atoms with Crippen LogP contribution in [0.15, 0.2) is 6.07 Å². The van der Waals surface area contributed by atoms with Gasteiger partial charge in [0.15, 0.2) is 5.69 Å². The summed E-state index contributed by atoms with van der Waals surface area (Å²) in [7, 11) is 0. The molecule has 0 aliphatic rings. The van der Waals surface area contributed by atoms with Crippen LogP contribution in [0, 0.1) is 15.9 Å². The lowest BCUT2D eigenvalue weighted by Gasteiger charge is -2.09. The summed E-state index contributed by atoms with van der Waals surface area (Å²) in [5, 5.41) is 10.3. The van der Waals surface area contributed by atoms with E-state index in [4.69, 9.17) is 0 Å². The Balaban J connectivity index is 3.34. The lowest BCUT2D eigenvalue weighted by atomic mass is 10.3. The highest BCUT2D eigenvalue weighted by Gasteiger charge is 2.35. The van der Waals surface area contributed by atoms with E-state index < -0.39 is 40.8 Å². The van der Waals surface area contributed by atoms with Crippen molar-refractivity contribution in [1.82, 2.24) is 4.98 Å². The van der Waals surface area contributed by atoms with Gasteiger partial charge in [-0.25, -0.2) is 13.8 Å². The van der Waals surface area contributed by atoms with E-state index in [9.17, 15) is 36.5 Å². The standard InChI is InChI=1S/C7H2F6N2O3/c8-4-2(15(16)17)1-3(18-7(11,12)13)14-5(4)6(9)10/h1,6H. The van der Waals surface area contributed by atoms with Gasteiger partial charge >= 0.3 is 12.0 Å². The first-order chi connectivity index (χ1) is 8.11. The average Bonchev–Trinajstić information content (AvgIpc) is 2.17. The number of aromatic nitrogens is 1. The summed E-state index contributed by atoms with van der Waals surface area (Å²) in [6, 6.07) is -0.0330. The molecule has 0 aliphatic heterocycles. The molecular formula is C7H2F6N2O3. The van der Waals surface area contributed by atoms with Crippen molar-refractivity contribution in [2.75, 3.05) is 0 Å². The second kappa shape index (κ2) is 4.66. The second-order valence-corrected chi connectivity index (χ2v) is 2.78. The zero-order valence-electron chi connectivity index (χ0n) is 8.04. The fourth-order valence-electron chi connectivity index (χ4n) is 0.960. The molecule has 0 atom stereocenters. The smallest absolute Gasteiger partial charge is 0.388 e. The molecule has 18 heavy (non-hydrogen) atoms.